The number of methoxy groups -OCH3 is 1. The molecule has 0 radical (unpaired) electrons. The Bertz CT molecular complexity index is 853. The van der Waals surface area contributed by atoms with E-state index in [4.69, 9.17) is 21.1 Å². The number of aromatic nitrogens is 1. The normalized spacial score (nSPS) is 10.4. The van der Waals surface area contributed by atoms with Crippen molar-refractivity contribution < 1.29 is 23.9 Å². The Morgan fingerprint density at radius 1 is 1.20 bits per heavy atom. The van der Waals surface area contributed by atoms with E-state index in [9.17, 15) is 14.4 Å². The van der Waals surface area contributed by atoms with Crippen molar-refractivity contribution in [2.24, 2.45) is 0 Å². The second-order valence-electron chi connectivity index (χ2n) is 5.53. The number of benzene rings is 1. The number of aryl methyl sites for hydroxylation is 1. The fourth-order valence-corrected chi connectivity index (χ4v) is 2.87. The second kappa shape index (κ2) is 7.53. The Morgan fingerprint density at radius 2 is 1.88 bits per heavy atom. The first-order valence-corrected chi connectivity index (χ1v) is 7.88. The molecule has 1 heterocycles. The summed E-state index contributed by atoms with van der Waals surface area (Å²) in [6.45, 7) is 4.34. The monoisotopic (exact) mass is 363 g/mol. The molecule has 0 aliphatic rings. The topological polar surface area (TPSA) is 85.5 Å². The maximum absolute atomic E-state index is 12.2. The van der Waals surface area contributed by atoms with Crippen molar-refractivity contribution in [3.63, 3.8) is 0 Å². The van der Waals surface area contributed by atoms with Gasteiger partial charge in [-0.15, -0.1) is 0 Å². The Kier molecular flexibility index (Phi) is 5.64. The lowest BCUT2D eigenvalue weighted by Gasteiger charge is -2.07. The van der Waals surface area contributed by atoms with Gasteiger partial charge < -0.3 is 14.5 Å². The van der Waals surface area contributed by atoms with Crippen LogP contribution in [-0.4, -0.2) is 36.2 Å². The average molecular weight is 364 g/mol. The molecule has 0 saturated carbocycles. The summed E-state index contributed by atoms with van der Waals surface area (Å²) in [5, 5.41) is 0.293. The number of hydrogen-bond donors (Lipinski definition) is 1. The van der Waals surface area contributed by atoms with Gasteiger partial charge in [-0.2, -0.15) is 0 Å². The molecule has 0 fully saturated rings. The standard InChI is InChI=1S/C18H18ClNO5/c1-9-16(11(3)21)10(2)20-17(9)18(23)25-8-14(22)12-5-6-15(24-4)13(19)7-12/h5-7,20H,8H2,1-4H3. The maximum atomic E-state index is 12.2. The van der Waals surface area contributed by atoms with Crippen molar-refractivity contribution in [1.29, 1.82) is 0 Å². The van der Waals surface area contributed by atoms with Crippen LogP contribution in [-0.2, 0) is 4.74 Å². The van der Waals surface area contributed by atoms with Crippen LogP contribution in [0.25, 0.3) is 0 Å². The number of carbonyl (C=O) groups is 3. The minimum atomic E-state index is -0.693. The zero-order valence-corrected chi connectivity index (χ0v) is 15.1. The van der Waals surface area contributed by atoms with Gasteiger partial charge in [-0.25, -0.2) is 4.79 Å². The van der Waals surface area contributed by atoms with Crippen molar-refractivity contribution in [2.45, 2.75) is 20.8 Å². The number of nitrogens with one attached hydrogen (secondary N) is 1. The zero-order valence-electron chi connectivity index (χ0n) is 14.4. The zero-order chi connectivity index (χ0) is 18.7. The molecule has 1 aromatic heterocycles. The summed E-state index contributed by atoms with van der Waals surface area (Å²) in [5.41, 5.74) is 2.03. The highest BCUT2D eigenvalue weighted by Crippen LogP contribution is 2.25. The first-order chi connectivity index (χ1) is 11.8. The van der Waals surface area contributed by atoms with Crippen LogP contribution in [0.15, 0.2) is 18.2 Å². The highest BCUT2D eigenvalue weighted by Gasteiger charge is 2.21. The summed E-state index contributed by atoms with van der Waals surface area (Å²) in [6.07, 6.45) is 0. The van der Waals surface area contributed by atoms with E-state index >= 15 is 0 Å². The largest absolute Gasteiger partial charge is 0.495 e. The summed E-state index contributed by atoms with van der Waals surface area (Å²) in [4.78, 5) is 38.8. The van der Waals surface area contributed by atoms with Crippen LogP contribution in [0.5, 0.6) is 5.75 Å². The van der Waals surface area contributed by atoms with Crippen molar-refractivity contribution in [2.75, 3.05) is 13.7 Å². The molecule has 0 saturated heterocycles. The summed E-state index contributed by atoms with van der Waals surface area (Å²) in [5.74, 6) is -0.787. The first-order valence-electron chi connectivity index (χ1n) is 7.50. The van der Waals surface area contributed by atoms with E-state index < -0.39 is 18.4 Å². The molecule has 2 aromatic rings. The molecule has 0 aliphatic carbocycles. The van der Waals surface area contributed by atoms with Gasteiger partial charge >= 0.3 is 5.97 Å². The maximum Gasteiger partial charge on any atom is 0.355 e. The van der Waals surface area contributed by atoms with Gasteiger partial charge in [0.05, 0.1) is 12.1 Å². The van der Waals surface area contributed by atoms with E-state index in [1.165, 1.54) is 20.1 Å². The summed E-state index contributed by atoms with van der Waals surface area (Å²) >= 11 is 5.98. The van der Waals surface area contributed by atoms with Crippen molar-refractivity contribution in [1.82, 2.24) is 4.98 Å². The highest BCUT2D eigenvalue weighted by molar-refractivity contribution is 6.32. The summed E-state index contributed by atoms with van der Waals surface area (Å²) in [7, 11) is 1.47. The molecule has 0 aliphatic heterocycles. The molecule has 132 valence electrons. The Labute approximate surface area is 150 Å². The number of aromatic amines is 1. The van der Waals surface area contributed by atoms with E-state index in [0.717, 1.165) is 0 Å². The molecule has 1 aromatic carbocycles. The fourth-order valence-electron chi connectivity index (χ4n) is 2.61. The number of esters is 1. The molecular weight excluding hydrogens is 346 g/mol. The molecule has 6 nitrogen and oxygen atoms in total. The SMILES string of the molecule is COc1ccc(C(=O)COC(=O)c2[nH]c(C)c(C(C)=O)c2C)cc1Cl. The summed E-state index contributed by atoms with van der Waals surface area (Å²) in [6, 6.07) is 4.56. The number of ether oxygens (including phenoxy) is 2. The van der Waals surface area contributed by atoms with E-state index in [2.05, 4.69) is 4.98 Å². The second-order valence-corrected chi connectivity index (χ2v) is 5.94. The Morgan fingerprint density at radius 3 is 2.40 bits per heavy atom. The average Bonchev–Trinajstić information content (AvgIpc) is 2.86. The molecule has 2 rings (SSSR count). The molecule has 1 N–H and O–H groups in total. The third-order valence-corrected chi connectivity index (χ3v) is 4.10. The number of rotatable bonds is 6. The number of carbonyl (C=O) groups excluding carboxylic acids is 3. The van der Waals surface area contributed by atoms with Crippen LogP contribution < -0.4 is 4.74 Å². The van der Waals surface area contributed by atoms with Crippen LogP contribution >= 0.6 is 11.6 Å². The molecule has 0 atom stereocenters. The molecule has 25 heavy (non-hydrogen) atoms. The molecule has 0 unspecified atom stereocenters. The highest BCUT2D eigenvalue weighted by atomic mass is 35.5. The summed E-state index contributed by atoms with van der Waals surface area (Å²) < 4.78 is 10.1. The van der Waals surface area contributed by atoms with Crippen LogP contribution in [0, 0.1) is 13.8 Å². The predicted octanol–water partition coefficient (Wildman–Crippen LogP) is 3.54. The van der Waals surface area contributed by atoms with Crippen LogP contribution in [0.3, 0.4) is 0 Å². The van der Waals surface area contributed by atoms with Gasteiger partial charge in [0.1, 0.15) is 11.4 Å². The van der Waals surface area contributed by atoms with E-state index in [0.29, 0.717) is 33.2 Å². The molecule has 0 spiro atoms. The third kappa shape index (κ3) is 3.91. The number of hydrogen-bond acceptors (Lipinski definition) is 5. The lowest BCUT2D eigenvalue weighted by atomic mass is 10.1. The Balaban J connectivity index is 2.10. The van der Waals surface area contributed by atoms with Gasteiger partial charge in [-0.1, -0.05) is 11.6 Å². The Hall–Kier alpha value is -2.60. The molecule has 0 bridgehead atoms. The van der Waals surface area contributed by atoms with Crippen LogP contribution in [0.1, 0.15) is 49.4 Å². The van der Waals surface area contributed by atoms with Crippen molar-refractivity contribution in [3.8, 4) is 5.75 Å². The number of halogens is 1. The lowest BCUT2D eigenvalue weighted by molar-refractivity contribution is 0.0468. The van der Waals surface area contributed by atoms with Gasteiger partial charge in [-0.05, 0) is 44.5 Å². The first kappa shape index (κ1) is 18.7. The van der Waals surface area contributed by atoms with Gasteiger partial charge in [0, 0.05) is 16.8 Å². The van der Waals surface area contributed by atoms with E-state index in [1.807, 2.05) is 0 Å². The van der Waals surface area contributed by atoms with Gasteiger partial charge in [-0.3, -0.25) is 9.59 Å². The minimum Gasteiger partial charge on any atom is -0.495 e. The predicted molar refractivity (Wildman–Crippen MR) is 92.9 cm³/mol. The molecular formula is C18H18ClNO5. The smallest absolute Gasteiger partial charge is 0.355 e. The van der Waals surface area contributed by atoms with Gasteiger partial charge in [0.25, 0.3) is 0 Å². The van der Waals surface area contributed by atoms with Gasteiger partial charge in [0.2, 0.25) is 0 Å². The van der Waals surface area contributed by atoms with Crippen LogP contribution in [0.2, 0.25) is 5.02 Å². The van der Waals surface area contributed by atoms with Crippen molar-refractivity contribution in [3.05, 3.63) is 51.3 Å². The third-order valence-electron chi connectivity index (χ3n) is 3.80. The number of Topliss-reactive ketones (excluding diaryl/α,β-unsaturated/α-hetero) is 2. The quantitative estimate of drug-likeness (QED) is 0.626. The fraction of sp³-hybridized carbons (Fsp3) is 0.278. The van der Waals surface area contributed by atoms with E-state index in [-0.39, 0.29) is 11.5 Å². The van der Waals surface area contributed by atoms with Crippen LogP contribution in [0.4, 0.5) is 0 Å². The van der Waals surface area contributed by atoms with Gasteiger partial charge in [0.15, 0.2) is 18.2 Å². The number of ketones is 2. The van der Waals surface area contributed by atoms with Crippen molar-refractivity contribution >= 4 is 29.1 Å². The molecule has 0 amide bonds. The lowest BCUT2D eigenvalue weighted by Crippen LogP contribution is -2.15. The number of H-pyrrole nitrogens is 1. The molecule has 7 heteroatoms. The minimum absolute atomic E-state index is 0.144. The van der Waals surface area contributed by atoms with E-state index in [1.54, 1.807) is 26.0 Å².